The molecule has 1 aliphatic heterocycles. The van der Waals surface area contributed by atoms with Crippen molar-refractivity contribution in [1.29, 1.82) is 0 Å². The normalized spacial score (nSPS) is 21.8. The second-order valence-corrected chi connectivity index (χ2v) is 6.43. The van der Waals surface area contributed by atoms with E-state index in [9.17, 15) is 14.0 Å². The number of halogens is 2. The molecule has 0 bridgehead atoms. The summed E-state index contributed by atoms with van der Waals surface area (Å²) in [4.78, 5) is 25.3. The van der Waals surface area contributed by atoms with Gasteiger partial charge in [-0.25, -0.2) is 4.39 Å². The molecule has 7 heteroatoms. The number of carbonyl (C=O) groups excluding carboxylic acids is 2. The molecule has 1 aromatic rings. The minimum atomic E-state index is -0.447. The van der Waals surface area contributed by atoms with E-state index in [1.807, 2.05) is 6.92 Å². The third-order valence-corrected chi connectivity index (χ3v) is 4.76. The van der Waals surface area contributed by atoms with Gasteiger partial charge in [-0.05, 0) is 32.0 Å². The van der Waals surface area contributed by atoms with E-state index in [0.29, 0.717) is 25.1 Å². The fourth-order valence-electron chi connectivity index (χ4n) is 2.93. The van der Waals surface area contributed by atoms with Gasteiger partial charge in [-0.15, -0.1) is 0 Å². The number of likely N-dealkylation sites (tertiary alicyclic amines) is 1. The zero-order valence-electron chi connectivity index (χ0n) is 13.9. The van der Waals surface area contributed by atoms with Crippen LogP contribution < -0.4 is 10.2 Å². The first-order valence-corrected chi connectivity index (χ1v) is 8.57. The van der Waals surface area contributed by atoms with Crippen molar-refractivity contribution in [3.63, 3.8) is 0 Å². The second kappa shape index (κ2) is 8.44. The van der Waals surface area contributed by atoms with Crippen molar-refractivity contribution in [2.75, 3.05) is 25.0 Å². The zero-order chi connectivity index (χ0) is 17.7. The van der Waals surface area contributed by atoms with E-state index < -0.39 is 5.82 Å². The molecule has 2 rings (SSSR count). The standard InChI is InChI=1S/C17H22ClFN2O3/c1-3-24-17(23)12-6-8-21(9-7-12)11(2)16(22)20-15-5-4-13(19)10-14(15)18/h4-5,10-12H,3,6-9H2,1-2H3,(H,20,22)/p+1/t11-/m0/s1. The van der Waals surface area contributed by atoms with E-state index >= 15 is 0 Å². The number of ether oxygens (including phenoxy) is 1. The first kappa shape index (κ1) is 18.7. The minimum absolute atomic E-state index is 0.0736. The zero-order valence-corrected chi connectivity index (χ0v) is 14.7. The molecule has 5 nitrogen and oxygen atoms in total. The molecule has 0 unspecified atom stereocenters. The molecule has 1 atom stereocenters. The number of rotatable bonds is 5. The monoisotopic (exact) mass is 357 g/mol. The van der Waals surface area contributed by atoms with Crippen LogP contribution in [0.25, 0.3) is 0 Å². The number of anilines is 1. The average Bonchev–Trinajstić information content (AvgIpc) is 2.57. The van der Waals surface area contributed by atoms with Gasteiger partial charge in [0.15, 0.2) is 6.04 Å². The Bertz CT molecular complexity index is 603. The summed E-state index contributed by atoms with van der Waals surface area (Å²) in [5, 5.41) is 2.91. The Labute approximate surface area is 146 Å². The van der Waals surface area contributed by atoms with Crippen LogP contribution in [0.2, 0.25) is 5.02 Å². The van der Waals surface area contributed by atoms with Gasteiger partial charge in [0.2, 0.25) is 0 Å². The van der Waals surface area contributed by atoms with Gasteiger partial charge >= 0.3 is 5.97 Å². The van der Waals surface area contributed by atoms with Crippen LogP contribution in [0, 0.1) is 11.7 Å². The summed E-state index contributed by atoms with van der Waals surface area (Å²) in [6.45, 7) is 5.49. The number of esters is 1. The highest BCUT2D eigenvalue weighted by molar-refractivity contribution is 6.33. The molecule has 0 aromatic heterocycles. The maximum absolute atomic E-state index is 13.1. The Hall–Kier alpha value is -1.66. The van der Waals surface area contributed by atoms with Crippen LogP contribution in [0.5, 0.6) is 0 Å². The summed E-state index contributed by atoms with van der Waals surface area (Å²) in [5.74, 6) is -0.840. The number of quaternary nitrogens is 1. The summed E-state index contributed by atoms with van der Waals surface area (Å²) in [7, 11) is 0. The number of nitrogens with one attached hydrogen (secondary N) is 2. The van der Waals surface area contributed by atoms with Crippen LogP contribution in [0.15, 0.2) is 18.2 Å². The van der Waals surface area contributed by atoms with Gasteiger partial charge in [-0.1, -0.05) is 11.6 Å². The summed E-state index contributed by atoms with van der Waals surface area (Å²) < 4.78 is 18.1. The topological polar surface area (TPSA) is 59.8 Å². The Balaban J connectivity index is 1.89. The molecular formula is C17H23ClFN2O3+. The number of benzene rings is 1. The van der Waals surface area contributed by atoms with Crippen molar-refractivity contribution in [3.05, 3.63) is 29.0 Å². The molecule has 0 spiro atoms. The quantitative estimate of drug-likeness (QED) is 0.788. The van der Waals surface area contributed by atoms with E-state index in [0.717, 1.165) is 18.0 Å². The lowest BCUT2D eigenvalue weighted by atomic mass is 9.96. The van der Waals surface area contributed by atoms with Crippen molar-refractivity contribution in [2.24, 2.45) is 5.92 Å². The van der Waals surface area contributed by atoms with Crippen LogP contribution >= 0.6 is 11.6 Å². The van der Waals surface area contributed by atoms with Crippen LogP contribution in [-0.2, 0) is 14.3 Å². The highest BCUT2D eigenvalue weighted by Gasteiger charge is 2.33. The van der Waals surface area contributed by atoms with Crippen molar-refractivity contribution < 1.29 is 23.6 Å². The molecule has 1 heterocycles. The van der Waals surface area contributed by atoms with Crippen LogP contribution in [0.3, 0.4) is 0 Å². The minimum Gasteiger partial charge on any atom is -0.466 e. The van der Waals surface area contributed by atoms with Gasteiger partial charge in [0.25, 0.3) is 5.91 Å². The summed E-state index contributed by atoms with van der Waals surface area (Å²) in [6.07, 6.45) is 1.42. The smallest absolute Gasteiger partial charge is 0.309 e. The molecule has 2 N–H and O–H groups in total. The molecule has 0 aliphatic carbocycles. The molecule has 0 saturated carbocycles. The molecule has 1 fully saturated rings. The third-order valence-electron chi connectivity index (χ3n) is 4.44. The van der Waals surface area contributed by atoms with Crippen LogP contribution in [0.1, 0.15) is 26.7 Å². The van der Waals surface area contributed by atoms with E-state index in [1.54, 1.807) is 6.92 Å². The number of piperidine rings is 1. The average molecular weight is 358 g/mol. The summed E-state index contributed by atoms with van der Waals surface area (Å²) in [6, 6.07) is 3.59. The predicted octanol–water partition coefficient (Wildman–Crippen LogP) is 1.66. The largest absolute Gasteiger partial charge is 0.466 e. The van der Waals surface area contributed by atoms with E-state index in [-0.39, 0.29) is 28.9 Å². The highest BCUT2D eigenvalue weighted by atomic mass is 35.5. The molecule has 132 valence electrons. The van der Waals surface area contributed by atoms with Gasteiger partial charge in [0, 0.05) is 12.8 Å². The summed E-state index contributed by atoms with van der Waals surface area (Å²) >= 11 is 5.93. The van der Waals surface area contributed by atoms with Gasteiger partial charge in [0.05, 0.1) is 36.3 Å². The molecule has 24 heavy (non-hydrogen) atoms. The Morgan fingerprint density at radius 1 is 1.42 bits per heavy atom. The molecule has 1 aromatic carbocycles. The predicted molar refractivity (Wildman–Crippen MR) is 89.6 cm³/mol. The van der Waals surface area contributed by atoms with Crippen molar-refractivity contribution >= 4 is 29.2 Å². The molecule has 1 saturated heterocycles. The number of hydrogen-bond donors (Lipinski definition) is 2. The second-order valence-electron chi connectivity index (χ2n) is 6.02. The van der Waals surface area contributed by atoms with Crippen molar-refractivity contribution in [2.45, 2.75) is 32.7 Å². The molecule has 1 amide bonds. The maximum Gasteiger partial charge on any atom is 0.309 e. The lowest BCUT2D eigenvalue weighted by molar-refractivity contribution is -0.919. The molecule has 0 radical (unpaired) electrons. The fourth-order valence-corrected chi connectivity index (χ4v) is 3.15. The lowest BCUT2D eigenvalue weighted by Gasteiger charge is -2.31. The maximum atomic E-state index is 13.1. The van der Waals surface area contributed by atoms with E-state index in [1.165, 1.54) is 18.2 Å². The first-order chi connectivity index (χ1) is 11.4. The Kier molecular flexibility index (Phi) is 6.57. The number of carbonyl (C=O) groups is 2. The van der Waals surface area contributed by atoms with Gasteiger partial charge in [0.1, 0.15) is 5.82 Å². The fraction of sp³-hybridized carbons (Fsp3) is 0.529. The van der Waals surface area contributed by atoms with Crippen LogP contribution in [-0.4, -0.2) is 37.6 Å². The lowest BCUT2D eigenvalue weighted by Crippen LogP contribution is -3.17. The Morgan fingerprint density at radius 3 is 2.67 bits per heavy atom. The highest BCUT2D eigenvalue weighted by Crippen LogP contribution is 2.22. The molecule has 1 aliphatic rings. The van der Waals surface area contributed by atoms with E-state index in [4.69, 9.17) is 16.3 Å². The first-order valence-electron chi connectivity index (χ1n) is 8.19. The Morgan fingerprint density at radius 2 is 2.08 bits per heavy atom. The van der Waals surface area contributed by atoms with Crippen molar-refractivity contribution in [3.8, 4) is 0 Å². The van der Waals surface area contributed by atoms with Gasteiger partial charge in [-0.2, -0.15) is 0 Å². The third kappa shape index (κ3) is 4.68. The van der Waals surface area contributed by atoms with Gasteiger partial charge in [-0.3, -0.25) is 9.59 Å². The van der Waals surface area contributed by atoms with Crippen molar-refractivity contribution in [1.82, 2.24) is 0 Å². The SMILES string of the molecule is CCOC(=O)C1CC[NH+]([C@@H](C)C(=O)Nc2ccc(F)cc2Cl)CC1. The van der Waals surface area contributed by atoms with Crippen LogP contribution in [0.4, 0.5) is 10.1 Å². The number of hydrogen-bond acceptors (Lipinski definition) is 3. The number of amides is 1. The van der Waals surface area contributed by atoms with E-state index in [2.05, 4.69) is 5.32 Å². The molecular weight excluding hydrogens is 335 g/mol. The van der Waals surface area contributed by atoms with Gasteiger partial charge < -0.3 is 15.0 Å². The summed E-state index contributed by atoms with van der Waals surface area (Å²) in [5.41, 5.74) is 0.399.